The van der Waals surface area contributed by atoms with Crippen molar-refractivity contribution in [3.63, 3.8) is 0 Å². The van der Waals surface area contributed by atoms with E-state index in [-0.39, 0.29) is 17.7 Å². The zero-order chi connectivity index (χ0) is 21.1. The zero-order valence-electron chi connectivity index (χ0n) is 17.5. The minimum Gasteiger partial charge on any atom is -0.486 e. The number of likely N-dealkylation sites (tertiary alicyclic amines) is 1. The molecule has 0 spiro atoms. The Labute approximate surface area is 177 Å². The van der Waals surface area contributed by atoms with Crippen LogP contribution in [0.4, 0.5) is 5.69 Å². The summed E-state index contributed by atoms with van der Waals surface area (Å²) in [6.07, 6.45) is 2.11. The molecule has 6 nitrogen and oxygen atoms in total. The Kier molecular flexibility index (Phi) is 5.93. The molecule has 30 heavy (non-hydrogen) atoms. The predicted octanol–water partition coefficient (Wildman–Crippen LogP) is 4.07. The van der Waals surface area contributed by atoms with Crippen LogP contribution >= 0.6 is 0 Å². The van der Waals surface area contributed by atoms with E-state index in [0.29, 0.717) is 41.9 Å². The molecule has 2 heterocycles. The summed E-state index contributed by atoms with van der Waals surface area (Å²) in [5, 5.41) is 2.94. The fourth-order valence-electron chi connectivity index (χ4n) is 3.82. The SMILES string of the molecule is CC1CCN(C(=O)c2ccc(NC(=O)C(C)c3ccc4c(c3)OCCO4)cc2)CC1. The van der Waals surface area contributed by atoms with Gasteiger partial charge in [-0.2, -0.15) is 0 Å². The molecule has 1 N–H and O–H groups in total. The van der Waals surface area contributed by atoms with Crippen molar-refractivity contribution in [3.8, 4) is 11.5 Å². The molecule has 1 unspecified atom stereocenters. The molecule has 6 heteroatoms. The molecule has 158 valence electrons. The van der Waals surface area contributed by atoms with Gasteiger partial charge in [0.05, 0.1) is 5.92 Å². The van der Waals surface area contributed by atoms with Crippen LogP contribution in [0, 0.1) is 5.92 Å². The molecule has 0 radical (unpaired) electrons. The van der Waals surface area contributed by atoms with E-state index in [9.17, 15) is 9.59 Å². The Morgan fingerprint density at radius 3 is 2.37 bits per heavy atom. The Morgan fingerprint density at radius 2 is 1.67 bits per heavy atom. The molecule has 2 aliphatic rings. The topological polar surface area (TPSA) is 67.9 Å². The summed E-state index contributed by atoms with van der Waals surface area (Å²) in [5.41, 5.74) is 2.19. The van der Waals surface area contributed by atoms with Gasteiger partial charge in [0.15, 0.2) is 11.5 Å². The first-order valence-corrected chi connectivity index (χ1v) is 10.6. The lowest BCUT2D eigenvalue weighted by atomic mass is 9.98. The molecular weight excluding hydrogens is 380 g/mol. The van der Waals surface area contributed by atoms with Crippen molar-refractivity contribution in [3.05, 3.63) is 53.6 Å². The van der Waals surface area contributed by atoms with Gasteiger partial charge in [-0.05, 0) is 67.6 Å². The van der Waals surface area contributed by atoms with Crippen molar-refractivity contribution in [1.29, 1.82) is 0 Å². The van der Waals surface area contributed by atoms with Crippen LogP contribution < -0.4 is 14.8 Å². The summed E-state index contributed by atoms with van der Waals surface area (Å²) in [6.45, 7) is 6.76. The second kappa shape index (κ2) is 8.78. The van der Waals surface area contributed by atoms with Crippen molar-refractivity contribution in [2.24, 2.45) is 5.92 Å². The van der Waals surface area contributed by atoms with Gasteiger partial charge < -0.3 is 19.7 Å². The van der Waals surface area contributed by atoms with E-state index in [0.717, 1.165) is 31.5 Å². The van der Waals surface area contributed by atoms with Crippen molar-refractivity contribution in [2.45, 2.75) is 32.6 Å². The normalized spacial score (nSPS) is 17.3. The lowest BCUT2D eigenvalue weighted by Gasteiger charge is -2.30. The summed E-state index contributed by atoms with van der Waals surface area (Å²) < 4.78 is 11.1. The summed E-state index contributed by atoms with van der Waals surface area (Å²) in [5.74, 6) is 1.66. The van der Waals surface area contributed by atoms with Gasteiger partial charge in [-0.1, -0.05) is 13.0 Å². The number of hydrogen-bond acceptors (Lipinski definition) is 4. The van der Waals surface area contributed by atoms with Crippen molar-refractivity contribution in [2.75, 3.05) is 31.6 Å². The highest BCUT2D eigenvalue weighted by molar-refractivity contribution is 5.97. The van der Waals surface area contributed by atoms with Crippen LogP contribution in [0.1, 0.15) is 48.5 Å². The van der Waals surface area contributed by atoms with E-state index in [1.807, 2.05) is 30.0 Å². The Balaban J connectivity index is 1.38. The van der Waals surface area contributed by atoms with E-state index >= 15 is 0 Å². The van der Waals surface area contributed by atoms with Crippen LogP contribution in [-0.2, 0) is 4.79 Å². The van der Waals surface area contributed by atoms with Crippen LogP contribution in [0.3, 0.4) is 0 Å². The summed E-state index contributed by atoms with van der Waals surface area (Å²) in [7, 11) is 0. The van der Waals surface area contributed by atoms with E-state index in [1.165, 1.54) is 0 Å². The fourth-order valence-corrected chi connectivity index (χ4v) is 3.82. The van der Waals surface area contributed by atoms with Crippen molar-refractivity contribution < 1.29 is 19.1 Å². The van der Waals surface area contributed by atoms with Crippen LogP contribution in [0.2, 0.25) is 0 Å². The number of nitrogens with one attached hydrogen (secondary N) is 1. The Hall–Kier alpha value is -3.02. The number of nitrogens with zero attached hydrogens (tertiary/aromatic N) is 1. The largest absolute Gasteiger partial charge is 0.486 e. The van der Waals surface area contributed by atoms with E-state index < -0.39 is 0 Å². The second-order valence-corrected chi connectivity index (χ2v) is 8.17. The molecule has 0 bridgehead atoms. The number of hydrogen-bond donors (Lipinski definition) is 1. The second-order valence-electron chi connectivity index (χ2n) is 8.17. The fraction of sp³-hybridized carbons (Fsp3) is 0.417. The summed E-state index contributed by atoms with van der Waals surface area (Å²) in [6, 6.07) is 12.7. The summed E-state index contributed by atoms with van der Waals surface area (Å²) in [4.78, 5) is 27.3. The van der Waals surface area contributed by atoms with Gasteiger partial charge in [-0.25, -0.2) is 0 Å². The van der Waals surface area contributed by atoms with Crippen molar-refractivity contribution in [1.82, 2.24) is 4.90 Å². The number of anilines is 1. The molecule has 1 saturated heterocycles. The zero-order valence-corrected chi connectivity index (χ0v) is 17.5. The van der Waals surface area contributed by atoms with Crippen LogP contribution in [0.5, 0.6) is 11.5 Å². The van der Waals surface area contributed by atoms with Crippen molar-refractivity contribution >= 4 is 17.5 Å². The summed E-state index contributed by atoms with van der Waals surface area (Å²) >= 11 is 0. The standard InChI is InChI=1S/C24H28N2O4/c1-16-9-11-26(12-10-16)24(28)18-3-6-20(7-4-18)25-23(27)17(2)19-5-8-21-22(15-19)30-14-13-29-21/h3-8,15-17H,9-14H2,1-2H3,(H,25,27). The highest BCUT2D eigenvalue weighted by Gasteiger charge is 2.22. The highest BCUT2D eigenvalue weighted by atomic mass is 16.6. The number of rotatable bonds is 4. The molecule has 1 fully saturated rings. The minimum absolute atomic E-state index is 0.0597. The Morgan fingerprint density at radius 1 is 1.00 bits per heavy atom. The number of benzene rings is 2. The maximum atomic E-state index is 12.7. The van der Waals surface area contributed by atoms with Gasteiger partial charge in [-0.3, -0.25) is 9.59 Å². The number of carbonyl (C=O) groups excluding carboxylic acids is 2. The minimum atomic E-state index is -0.350. The average Bonchev–Trinajstić information content (AvgIpc) is 2.78. The van der Waals surface area contributed by atoms with Gasteiger partial charge in [0.1, 0.15) is 13.2 Å². The number of piperidine rings is 1. The average molecular weight is 408 g/mol. The molecule has 2 aromatic carbocycles. The highest BCUT2D eigenvalue weighted by Crippen LogP contribution is 2.33. The van der Waals surface area contributed by atoms with Gasteiger partial charge in [0.2, 0.25) is 5.91 Å². The Bertz CT molecular complexity index is 917. The van der Waals surface area contributed by atoms with Gasteiger partial charge >= 0.3 is 0 Å². The lowest BCUT2D eigenvalue weighted by molar-refractivity contribution is -0.117. The maximum absolute atomic E-state index is 12.7. The lowest BCUT2D eigenvalue weighted by Crippen LogP contribution is -2.37. The molecule has 2 aliphatic heterocycles. The first kappa shape index (κ1) is 20.3. The first-order chi connectivity index (χ1) is 14.5. The van der Waals surface area contributed by atoms with Gasteiger partial charge in [0.25, 0.3) is 5.91 Å². The van der Waals surface area contributed by atoms with Crippen LogP contribution in [0.15, 0.2) is 42.5 Å². The molecule has 2 aromatic rings. The maximum Gasteiger partial charge on any atom is 0.253 e. The van der Waals surface area contributed by atoms with E-state index in [2.05, 4.69) is 12.2 Å². The molecule has 1 atom stereocenters. The predicted molar refractivity (Wildman–Crippen MR) is 115 cm³/mol. The number of carbonyl (C=O) groups is 2. The smallest absolute Gasteiger partial charge is 0.253 e. The third-order valence-electron chi connectivity index (χ3n) is 5.93. The molecular formula is C24H28N2O4. The van der Waals surface area contributed by atoms with Gasteiger partial charge in [0, 0.05) is 24.3 Å². The van der Waals surface area contributed by atoms with Crippen LogP contribution in [0.25, 0.3) is 0 Å². The van der Waals surface area contributed by atoms with Gasteiger partial charge in [-0.15, -0.1) is 0 Å². The monoisotopic (exact) mass is 408 g/mol. The molecule has 2 amide bonds. The number of amides is 2. The van der Waals surface area contributed by atoms with E-state index in [1.54, 1.807) is 24.3 Å². The number of fused-ring (bicyclic) bond motifs is 1. The third kappa shape index (κ3) is 4.42. The first-order valence-electron chi connectivity index (χ1n) is 10.6. The molecule has 0 saturated carbocycles. The van der Waals surface area contributed by atoms with E-state index in [4.69, 9.17) is 9.47 Å². The quantitative estimate of drug-likeness (QED) is 0.828. The third-order valence-corrected chi connectivity index (χ3v) is 5.93. The molecule has 4 rings (SSSR count). The number of ether oxygens (including phenoxy) is 2. The molecule has 0 aromatic heterocycles. The van der Waals surface area contributed by atoms with Crippen LogP contribution in [-0.4, -0.2) is 43.0 Å². The molecule has 0 aliphatic carbocycles.